The van der Waals surface area contributed by atoms with Crippen molar-refractivity contribution in [3.8, 4) is 0 Å². The van der Waals surface area contributed by atoms with Crippen LogP contribution in [0.2, 0.25) is 0 Å². The molecule has 1 aromatic carbocycles. The highest BCUT2D eigenvalue weighted by molar-refractivity contribution is 5.27. The minimum Gasteiger partial charge on any atom is -0.298 e. The normalized spacial score (nSPS) is 28.6. The lowest BCUT2D eigenvalue weighted by Gasteiger charge is -2.49. The fourth-order valence-corrected chi connectivity index (χ4v) is 4.04. The zero-order valence-electron chi connectivity index (χ0n) is 12.6. The number of rotatable bonds is 4. The summed E-state index contributed by atoms with van der Waals surface area (Å²) >= 11 is 0. The number of hydroxylamine groups is 1. The van der Waals surface area contributed by atoms with Crippen LogP contribution in [0.1, 0.15) is 18.4 Å². The van der Waals surface area contributed by atoms with Gasteiger partial charge in [0.1, 0.15) is 0 Å². The second-order valence-corrected chi connectivity index (χ2v) is 6.66. The first-order valence-electron chi connectivity index (χ1n) is 7.75. The van der Waals surface area contributed by atoms with E-state index in [4.69, 9.17) is 0 Å². The molecular weight excluding hydrogens is 331 g/mol. The highest BCUT2D eigenvalue weighted by Gasteiger charge is 2.43. The maximum Gasteiger partial charge on any atom is 0.405 e. The zero-order chi connectivity index (χ0) is 17.1. The summed E-state index contributed by atoms with van der Waals surface area (Å²) < 4.78 is 67.9. The molecule has 5 rings (SSSR count). The van der Waals surface area contributed by atoms with Crippen molar-refractivity contribution >= 4 is 0 Å². The number of piperidine rings is 2. The summed E-state index contributed by atoms with van der Waals surface area (Å²) in [5, 5.41) is 0. The van der Waals surface area contributed by atoms with Crippen LogP contribution in [0.3, 0.4) is 0 Å². The molecule has 0 amide bonds. The number of halogens is 5. The molecular formula is C16H15F5N2O. The van der Waals surface area contributed by atoms with E-state index in [1.807, 2.05) is 0 Å². The Bertz CT molecular complexity index is 705. The maximum atomic E-state index is 14.1. The summed E-state index contributed by atoms with van der Waals surface area (Å²) in [6, 6.07) is 0.929. The summed E-state index contributed by atoms with van der Waals surface area (Å²) in [4.78, 5) is 6.70. The molecule has 24 heavy (non-hydrogen) atoms. The van der Waals surface area contributed by atoms with Crippen LogP contribution in [0.25, 0.3) is 0 Å². The number of alkyl halides is 2. The van der Waals surface area contributed by atoms with E-state index in [0.29, 0.717) is 30.3 Å². The van der Waals surface area contributed by atoms with Crippen molar-refractivity contribution in [2.24, 2.45) is 11.8 Å². The standard InChI is InChI=1S/C16H15F5N2O/c17-12-2-1-11(13(18)14(12)19)16(20,21)24-22-15-9-3-8-4-10(15)7-23(5-8)6-9/h1-2,8-9,22H,3-7H2. The lowest BCUT2D eigenvalue weighted by Crippen LogP contribution is -2.52. The summed E-state index contributed by atoms with van der Waals surface area (Å²) in [7, 11) is 0. The third-order valence-corrected chi connectivity index (χ3v) is 4.99. The van der Waals surface area contributed by atoms with Gasteiger partial charge in [0.15, 0.2) is 17.5 Å². The van der Waals surface area contributed by atoms with Crippen molar-refractivity contribution in [2.75, 3.05) is 19.6 Å². The molecule has 1 N–H and O–H groups in total. The Morgan fingerprint density at radius 1 is 1.12 bits per heavy atom. The van der Waals surface area contributed by atoms with E-state index < -0.39 is 29.1 Å². The molecule has 4 bridgehead atoms. The predicted molar refractivity (Wildman–Crippen MR) is 74.1 cm³/mol. The van der Waals surface area contributed by atoms with Gasteiger partial charge in [-0.05, 0) is 36.5 Å². The van der Waals surface area contributed by atoms with Crippen LogP contribution in [0.5, 0.6) is 0 Å². The Kier molecular flexibility index (Phi) is 3.58. The van der Waals surface area contributed by atoms with Crippen molar-refractivity contribution in [1.82, 2.24) is 10.4 Å². The highest BCUT2D eigenvalue weighted by Crippen LogP contribution is 2.43. The average Bonchev–Trinajstić information content (AvgIpc) is 2.51. The van der Waals surface area contributed by atoms with Gasteiger partial charge in [0.25, 0.3) is 0 Å². The molecule has 0 saturated carbocycles. The third-order valence-electron chi connectivity index (χ3n) is 4.99. The molecule has 0 radical (unpaired) electrons. The van der Waals surface area contributed by atoms with Crippen LogP contribution < -0.4 is 5.48 Å². The smallest absolute Gasteiger partial charge is 0.298 e. The van der Waals surface area contributed by atoms with Gasteiger partial charge in [0, 0.05) is 31.2 Å². The number of hydrogen-bond acceptors (Lipinski definition) is 3. The average molecular weight is 346 g/mol. The van der Waals surface area contributed by atoms with Gasteiger partial charge in [-0.25, -0.2) is 18.0 Å². The van der Waals surface area contributed by atoms with Gasteiger partial charge >= 0.3 is 6.11 Å². The highest BCUT2D eigenvalue weighted by atomic mass is 19.3. The Hall–Kier alpha value is -1.67. The van der Waals surface area contributed by atoms with E-state index in [1.54, 1.807) is 0 Å². The Morgan fingerprint density at radius 2 is 1.92 bits per heavy atom. The van der Waals surface area contributed by atoms with Gasteiger partial charge in [0.2, 0.25) is 0 Å². The van der Waals surface area contributed by atoms with Crippen molar-refractivity contribution < 1.29 is 26.8 Å². The van der Waals surface area contributed by atoms with Gasteiger partial charge in [-0.3, -0.25) is 10.4 Å². The molecule has 0 spiro atoms. The van der Waals surface area contributed by atoms with E-state index in [-0.39, 0.29) is 5.92 Å². The molecule has 1 aromatic rings. The van der Waals surface area contributed by atoms with Gasteiger partial charge < -0.3 is 0 Å². The van der Waals surface area contributed by atoms with E-state index in [9.17, 15) is 22.0 Å². The van der Waals surface area contributed by atoms with Crippen LogP contribution >= 0.6 is 0 Å². The minimum atomic E-state index is -4.12. The second kappa shape index (κ2) is 5.42. The summed E-state index contributed by atoms with van der Waals surface area (Å²) in [6.07, 6.45) is -2.39. The van der Waals surface area contributed by atoms with E-state index in [0.717, 1.165) is 31.5 Å². The number of benzene rings is 1. The summed E-state index contributed by atoms with van der Waals surface area (Å²) in [5.41, 5.74) is 2.58. The van der Waals surface area contributed by atoms with Gasteiger partial charge in [-0.1, -0.05) is 0 Å². The van der Waals surface area contributed by atoms with Crippen molar-refractivity contribution in [3.63, 3.8) is 0 Å². The fraction of sp³-hybridized carbons (Fsp3) is 0.500. The number of hydrogen-bond donors (Lipinski definition) is 1. The number of nitrogens with zero attached hydrogens (tertiary/aromatic N) is 1. The topological polar surface area (TPSA) is 24.5 Å². The molecule has 8 heteroatoms. The Labute approximate surface area is 135 Å². The monoisotopic (exact) mass is 346 g/mol. The molecule has 3 heterocycles. The summed E-state index contributed by atoms with van der Waals surface area (Å²) in [6.45, 7) is 2.52. The van der Waals surface area contributed by atoms with E-state index in [1.165, 1.54) is 0 Å². The predicted octanol–water partition coefficient (Wildman–Crippen LogP) is 3.28. The first-order chi connectivity index (χ1) is 11.3. The minimum absolute atomic E-state index is 0.0897. The molecule has 3 unspecified atom stereocenters. The molecule has 3 nitrogen and oxygen atoms in total. The lowest BCUT2D eigenvalue weighted by molar-refractivity contribution is -0.280. The Morgan fingerprint density at radius 3 is 2.62 bits per heavy atom. The largest absolute Gasteiger partial charge is 0.405 e. The zero-order valence-corrected chi connectivity index (χ0v) is 12.6. The first-order valence-corrected chi connectivity index (χ1v) is 7.75. The molecule has 2 fully saturated rings. The van der Waals surface area contributed by atoms with Crippen LogP contribution in [-0.2, 0) is 10.9 Å². The van der Waals surface area contributed by atoms with E-state index in [2.05, 4.69) is 15.2 Å². The molecule has 2 saturated heterocycles. The molecule has 0 aromatic heterocycles. The molecule has 3 aliphatic heterocycles. The van der Waals surface area contributed by atoms with Gasteiger partial charge in [-0.2, -0.15) is 8.78 Å². The molecule has 4 aliphatic rings. The van der Waals surface area contributed by atoms with Crippen molar-refractivity contribution in [1.29, 1.82) is 0 Å². The van der Waals surface area contributed by atoms with E-state index >= 15 is 0 Å². The van der Waals surface area contributed by atoms with Crippen LogP contribution in [-0.4, -0.2) is 24.5 Å². The summed E-state index contributed by atoms with van der Waals surface area (Å²) in [5.74, 6) is -4.79. The SMILES string of the molecule is Fc1ccc(C(F)(F)ONC2=C3CC4CC2CN(C3)C4)c(F)c1F. The lowest BCUT2D eigenvalue weighted by atomic mass is 9.73. The first kappa shape index (κ1) is 15.8. The van der Waals surface area contributed by atoms with Crippen molar-refractivity contribution in [3.05, 3.63) is 46.4 Å². The Balaban J connectivity index is 1.54. The fourth-order valence-electron chi connectivity index (χ4n) is 4.04. The quantitative estimate of drug-likeness (QED) is 0.514. The molecule has 3 atom stereocenters. The van der Waals surface area contributed by atoms with Gasteiger partial charge in [0.05, 0.1) is 5.56 Å². The molecule has 1 aliphatic carbocycles. The third kappa shape index (κ3) is 2.48. The second-order valence-electron chi connectivity index (χ2n) is 6.66. The maximum absolute atomic E-state index is 14.1. The van der Waals surface area contributed by atoms with Crippen molar-refractivity contribution in [2.45, 2.75) is 19.0 Å². The van der Waals surface area contributed by atoms with Gasteiger partial charge in [-0.15, -0.1) is 0 Å². The number of nitrogens with one attached hydrogen (secondary N) is 1. The van der Waals surface area contributed by atoms with Crippen LogP contribution in [0.4, 0.5) is 22.0 Å². The van der Waals surface area contributed by atoms with Crippen LogP contribution in [0.15, 0.2) is 23.4 Å². The van der Waals surface area contributed by atoms with Crippen LogP contribution in [0, 0.1) is 29.3 Å². The molecule has 130 valence electrons.